The molecule has 2 aromatic rings. The Hall–Kier alpha value is -4.21. The molecule has 0 spiro atoms. The highest BCUT2D eigenvalue weighted by molar-refractivity contribution is 5.93. The zero-order valence-corrected chi connectivity index (χ0v) is 22.1. The molecule has 38 heavy (non-hydrogen) atoms. The molecule has 0 bridgehead atoms. The highest BCUT2D eigenvalue weighted by Crippen LogP contribution is 2.07. The van der Waals surface area contributed by atoms with Crippen molar-refractivity contribution in [3.05, 3.63) is 71.8 Å². The first kappa shape index (κ1) is 30.0. The molecule has 0 fully saturated rings. The molecule has 204 valence electrons. The molecule has 4 N–H and O–H groups in total. The number of hydrogen-bond donors (Lipinski definition) is 4. The Morgan fingerprint density at radius 2 is 1.32 bits per heavy atom. The summed E-state index contributed by atoms with van der Waals surface area (Å²) in [5.41, 5.74) is 1.71. The van der Waals surface area contributed by atoms with Gasteiger partial charge in [-0.3, -0.25) is 9.59 Å². The number of urea groups is 1. The lowest BCUT2D eigenvalue weighted by Gasteiger charge is -2.25. The lowest BCUT2D eigenvalue weighted by Crippen LogP contribution is -2.58. The van der Waals surface area contributed by atoms with Crippen LogP contribution < -0.4 is 21.3 Å². The molecule has 0 aliphatic carbocycles. The standard InChI is InChI=1S/C28H36N4O6/c1-18(2)24(26(35)30-22(17-33)15-20-11-7-5-8-12-20)32-25(34)19(3)29-28(37)31-23(27(36)38-4)16-21-13-9-6-10-14-21/h5-14,17-19,22-24H,15-16H2,1-4H3,(H,30,35)(H,32,34)(H2,29,31,37)/t19-,22-,23-,24-/m0/s1. The Labute approximate surface area is 222 Å². The van der Waals surface area contributed by atoms with E-state index >= 15 is 0 Å². The van der Waals surface area contributed by atoms with Crippen molar-refractivity contribution in [3.8, 4) is 0 Å². The van der Waals surface area contributed by atoms with Crippen molar-refractivity contribution in [2.24, 2.45) is 5.92 Å². The summed E-state index contributed by atoms with van der Waals surface area (Å²) in [5, 5.41) is 10.3. The SMILES string of the molecule is COC(=O)[C@H](Cc1ccccc1)NC(=O)N[C@@H](C)C(=O)N[C@H](C(=O)N[C@H](C=O)Cc1ccccc1)C(C)C. The quantitative estimate of drug-likeness (QED) is 0.231. The molecule has 10 nitrogen and oxygen atoms in total. The molecule has 0 aliphatic heterocycles. The topological polar surface area (TPSA) is 143 Å². The largest absolute Gasteiger partial charge is 0.467 e. The van der Waals surface area contributed by atoms with E-state index < -0.39 is 48.0 Å². The van der Waals surface area contributed by atoms with Gasteiger partial charge in [-0.1, -0.05) is 74.5 Å². The van der Waals surface area contributed by atoms with Gasteiger partial charge in [0.2, 0.25) is 11.8 Å². The van der Waals surface area contributed by atoms with Crippen molar-refractivity contribution < 1.29 is 28.7 Å². The third kappa shape index (κ3) is 9.68. The summed E-state index contributed by atoms with van der Waals surface area (Å²) < 4.78 is 4.79. The van der Waals surface area contributed by atoms with E-state index in [1.165, 1.54) is 14.0 Å². The van der Waals surface area contributed by atoms with Crippen molar-refractivity contribution in [1.82, 2.24) is 21.3 Å². The average Bonchev–Trinajstić information content (AvgIpc) is 2.91. The Balaban J connectivity index is 1.96. The van der Waals surface area contributed by atoms with E-state index in [4.69, 9.17) is 4.74 Å². The normalized spacial score (nSPS) is 13.8. The van der Waals surface area contributed by atoms with Crippen LogP contribution >= 0.6 is 0 Å². The first-order chi connectivity index (χ1) is 18.1. The van der Waals surface area contributed by atoms with Crippen LogP contribution in [-0.2, 0) is 36.8 Å². The number of amides is 4. The molecule has 0 heterocycles. The van der Waals surface area contributed by atoms with Crippen LogP contribution in [0.4, 0.5) is 4.79 Å². The number of benzene rings is 2. The summed E-state index contributed by atoms with van der Waals surface area (Å²) in [7, 11) is 1.22. The third-order valence-corrected chi connectivity index (χ3v) is 5.85. The van der Waals surface area contributed by atoms with Gasteiger partial charge in [0.1, 0.15) is 24.4 Å². The third-order valence-electron chi connectivity index (χ3n) is 5.85. The fourth-order valence-corrected chi connectivity index (χ4v) is 3.73. The number of ether oxygens (including phenoxy) is 1. The molecular formula is C28H36N4O6. The van der Waals surface area contributed by atoms with Gasteiger partial charge < -0.3 is 30.8 Å². The fraction of sp³-hybridized carbons (Fsp3) is 0.393. The number of rotatable bonds is 13. The lowest BCUT2D eigenvalue weighted by atomic mass is 10.0. The molecule has 2 aromatic carbocycles. The van der Waals surface area contributed by atoms with Crippen LogP contribution in [0.1, 0.15) is 31.9 Å². The Morgan fingerprint density at radius 1 is 0.763 bits per heavy atom. The van der Waals surface area contributed by atoms with Crippen molar-refractivity contribution >= 4 is 30.1 Å². The van der Waals surface area contributed by atoms with E-state index in [0.29, 0.717) is 12.7 Å². The van der Waals surface area contributed by atoms with Gasteiger partial charge in [0, 0.05) is 6.42 Å². The van der Waals surface area contributed by atoms with E-state index in [0.717, 1.165) is 11.1 Å². The molecule has 0 unspecified atom stereocenters. The molecule has 0 saturated carbocycles. The minimum Gasteiger partial charge on any atom is -0.467 e. The molecule has 4 atom stereocenters. The van der Waals surface area contributed by atoms with E-state index in [1.807, 2.05) is 60.7 Å². The number of aldehydes is 1. The zero-order chi connectivity index (χ0) is 28.1. The molecule has 10 heteroatoms. The summed E-state index contributed by atoms with van der Waals surface area (Å²) >= 11 is 0. The zero-order valence-electron chi connectivity index (χ0n) is 22.1. The maximum Gasteiger partial charge on any atom is 0.328 e. The molecule has 2 rings (SSSR count). The first-order valence-corrected chi connectivity index (χ1v) is 12.4. The number of carbonyl (C=O) groups excluding carboxylic acids is 5. The molecule has 0 aliphatic rings. The van der Waals surface area contributed by atoms with E-state index in [-0.39, 0.29) is 12.3 Å². The van der Waals surface area contributed by atoms with Gasteiger partial charge in [-0.05, 0) is 30.4 Å². The van der Waals surface area contributed by atoms with Crippen LogP contribution in [0.3, 0.4) is 0 Å². The second kappa shape index (κ2) is 15.1. The molecular weight excluding hydrogens is 488 g/mol. The second-order valence-corrected chi connectivity index (χ2v) is 9.28. The number of nitrogens with one attached hydrogen (secondary N) is 4. The van der Waals surface area contributed by atoms with Gasteiger partial charge in [0.05, 0.1) is 13.2 Å². The highest BCUT2D eigenvalue weighted by atomic mass is 16.5. The van der Waals surface area contributed by atoms with Crippen LogP contribution in [0.5, 0.6) is 0 Å². The summed E-state index contributed by atoms with van der Waals surface area (Å²) in [4.78, 5) is 62.0. The predicted octanol–water partition coefficient (Wildman–Crippen LogP) is 1.53. The number of methoxy groups -OCH3 is 1. The van der Waals surface area contributed by atoms with Gasteiger partial charge in [0.25, 0.3) is 0 Å². The van der Waals surface area contributed by atoms with Gasteiger partial charge in [-0.2, -0.15) is 0 Å². The number of hydrogen-bond acceptors (Lipinski definition) is 6. The van der Waals surface area contributed by atoms with Crippen LogP contribution in [0.2, 0.25) is 0 Å². The van der Waals surface area contributed by atoms with Gasteiger partial charge >= 0.3 is 12.0 Å². The van der Waals surface area contributed by atoms with Crippen LogP contribution in [-0.4, -0.2) is 61.4 Å². The first-order valence-electron chi connectivity index (χ1n) is 12.4. The number of carbonyl (C=O) groups is 5. The molecule has 0 radical (unpaired) electrons. The lowest BCUT2D eigenvalue weighted by molar-refractivity contribution is -0.142. The average molecular weight is 525 g/mol. The second-order valence-electron chi connectivity index (χ2n) is 9.28. The Bertz CT molecular complexity index is 1080. The number of esters is 1. The Kier molecular flexibility index (Phi) is 12.0. The summed E-state index contributed by atoms with van der Waals surface area (Å²) in [6.07, 6.45) is 1.18. The minimum atomic E-state index is -1.02. The van der Waals surface area contributed by atoms with Crippen molar-refractivity contribution in [2.45, 2.75) is 57.8 Å². The Morgan fingerprint density at radius 3 is 1.82 bits per heavy atom. The minimum absolute atomic E-state index is 0.206. The van der Waals surface area contributed by atoms with Crippen molar-refractivity contribution in [2.75, 3.05) is 7.11 Å². The van der Waals surface area contributed by atoms with E-state index in [1.54, 1.807) is 13.8 Å². The monoisotopic (exact) mass is 524 g/mol. The van der Waals surface area contributed by atoms with Crippen LogP contribution in [0.15, 0.2) is 60.7 Å². The molecule has 4 amide bonds. The fourth-order valence-electron chi connectivity index (χ4n) is 3.73. The van der Waals surface area contributed by atoms with Crippen molar-refractivity contribution in [1.29, 1.82) is 0 Å². The highest BCUT2D eigenvalue weighted by Gasteiger charge is 2.29. The molecule has 0 saturated heterocycles. The summed E-state index contributed by atoms with van der Waals surface area (Å²) in [5.74, 6) is -2.03. The van der Waals surface area contributed by atoms with Gasteiger partial charge in [0.15, 0.2) is 0 Å². The van der Waals surface area contributed by atoms with E-state index in [2.05, 4.69) is 21.3 Å². The van der Waals surface area contributed by atoms with Crippen LogP contribution in [0.25, 0.3) is 0 Å². The maximum absolute atomic E-state index is 12.9. The smallest absolute Gasteiger partial charge is 0.328 e. The maximum atomic E-state index is 12.9. The van der Waals surface area contributed by atoms with Crippen molar-refractivity contribution in [3.63, 3.8) is 0 Å². The summed E-state index contributed by atoms with van der Waals surface area (Å²) in [6.45, 7) is 4.97. The van der Waals surface area contributed by atoms with Gasteiger partial charge in [-0.15, -0.1) is 0 Å². The summed E-state index contributed by atoms with van der Waals surface area (Å²) in [6, 6.07) is 13.9. The van der Waals surface area contributed by atoms with Crippen LogP contribution in [0, 0.1) is 5.92 Å². The van der Waals surface area contributed by atoms with E-state index in [9.17, 15) is 24.0 Å². The molecule has 0 aromatic heterocycles. The predicted molar refractivity (Wildman–Crippen MR) is 142 cm³/mol. The van der Waals surface area contributed by atoms with Gasteiger partial charge in [-0.25, -0.2) is 9.59 Å².